The number of benzene rings is 1. The molecule has 1 fully saturated rings. The van der Waals surface area contributed by atoms with Gasteiger partial charge >= 0.3 is 6.18 Å². The highest BCUT2D eigenvalue weighted by Gasteiger charge is 2.35. The van der Waals surface area contributed by atoms with Crippen LogP contribution in [0.15, 0.2) is 36.5 Å². The van der Waals surface area contributed by atoms with Crippen molar-refractivity contribution < 1.29 is 23.1 Å². The van der Waals surface area contributed by atoms with Gasteiger partial charge in [0.2, 0.25) is 0 Å². The van der Waals surface area contributed by atoms with E-state index in [9.17, 15) is 23.1 Å². The number of hydrogen-bond donors (Lipinski definition) is 3. The fourth-order valence-electron chi connectivity index (χ4n) is 2.76. The van der Waals surface area contributed by atoms with Crippen molar-refractivity contribution in [3.8, 4) is 5.69 Å². The van der Waals surface area contributed by atoms with E-state index in [1.54, 1.807) is 0 Å². The fraction of sp³-hybridized carbons (Fsp3) is 0.375. The van der Waals surface area contributed by atoms with Crippen molar-refractivity contribution in [1.29, 1.82) is 0 Å². The van der Waals surface area contributed by atoms with E-state index in [0.29, 0.717) is 13.1 Å². The maximum Gasteiger partial charge on any atom is 0.433 e. The van der Waals surface area contributed by atoms with Gasteiger partial charge in [0.1, 0.15) is 5.69 Å². The van der Waals surface area contributed by atoms with E-state index in [1.807, 2.05) is 0 Å². The Hall–Kier alpha value is -2.39. The molecule has 3 N–H and O–H groups in total. The Morgan fingerprint density at radius 3 is 2.84 bits per heavy atom. The first-order valence-electron chi connectivity index (χ1n) is 7.75. The summed E-state index contributed by atoms with van der Waals surface area (Å²) in [6, 6.07) is 6.68. The Morgan fingerprint density at radius 2 is 2.16 bits per heavy atom. The second kappa shape index (κ2) is 6.85. The van der Waals surface area contributed by atoms with E-state index in [4.69, 9.17) is 0 Å². The second-order valence-electron chi connectivity index (χ2n) is 5.87. The third-order valence-electron chi connectivity index (χ3n) is 4.12. The highest BCUT2D eigenvalue weighted by atomic mass is 19.4. The standard InChI is InChI=1S/C16H17F3N4O2/c17-16(18,19)14-4-5-22-23(14)12-3-1-2-10(6-12)15(25)21-8-11-7-20-9-13(11)24/h1-6,11,13,20,24H,7-9H2,(H,21,25). The van der Waals surface area contributed by atoms with E-state index in [2.05, 4.69) is 15.7 Å². The lowest BCUT2D eigenvalue weighted by atomic mass is 10.1. The van der Waals surface area contributed by atoms with Gasteiger partial charge in [0.25, 0.3) is 5.91 Å². The molecule has 0 radical (unpaired) electrons. The molecule has 1 aliphatic rings. The number of aromatic nitrogens is 2. The second-order valence-corrected chi connectivity index (χ2v) is 5.87. The molecule has 6 nitrogen and oxygen atoms in total. The Labute approximate surface area is 141 Å². The molecule has 134 valence electrons. The number of amides is 1. The number of β-amino-alcohol motifs (C(OH)–C–C–N with tert-alkyl or cyclic N) is 1. The Kier molecular flexibility index (Phi) is 4.78. The van der Waals surface area contributed by atoms with Crippen LogP contribution in [-0.4, -0.2) is 46.5 Å². The number of alkyl halides is 3. The Morgan fingerprint density at radius 1 is 1.36 bits per heavy atom. The summed E-state index contributed by atoms with van der Waals surface area (Å²) in [7, 11) is 0. The first-order chi connectivity index (χ1) is 11.9. The molecule has 1 saturated heterocycles. The summed E-state index contributed by atoms with van der Waals surface area (Å²) in [6.45, 7) is 1.37. The molecule has 1 aliphatic heterocycles. The highest BCUT2D eigenvalue weighted by molar-refractivity contribution is 5.94. The molecule has 0 saturated carbocycles. The van der Waals surface area contributed by atoms with Crippen LogP contribution in [-0.2, 0) is 6.18 Å². The van der Waals surface area contributed by atoms with Gasteiger partial charge in [-0.2, -0.15) is 18.3 Å². The van der Waals surface area contributed by atoms with Gasteiger partial charge in [-0.3, -0.25) is 4.79 Å². The summed E-state index contributed by atoms with van der Waals surface area (Å²) in [6.07, 6.45) is -4.00. The maximum absolute atomic E-state index is 13.0. The Bertz CT molecular complexity index is 760. The predicted octanol–water partition coefficient (Wildman–Crippen LogP) is 1.20. The number of carbonyl (C=O) groups is 1. The number of nitrogens with one attached hydrogen (secondary N) is 2. The van der Waals surface area contributed by atoms with Gasteiger partial charge in [-0.05, 0) is 24.3 Å². The molecule has 3 rings (SSSR count). The van der Waals surface area contributed by atoms with Crippen molar-refractivity contribution in [2.24, 2.45) is 5.92 Å². The SMILES string of the molecule is O=C(NCC1CNCC1O)c1cccc(-n2nccc2C(F)(F)F)c1. The van der Waals surface area contributed by atoms with Crippen LogP contribution in [0.5, 0.6) is 0 Å². The lowest BCUT2D eigenvalue weighted by Crippen LogP contribution is -2.34. The van der Waals surface area contributed by atoms with Crippen LogP contribution in [0.1, 0.15) is 16.1 Å². The molecule has 0 aliphatic carbocycles. The minimum absolute atomic E-state index is 0.0879. The average Bonchev–Trinajstić information content (AvgIpc) is 3.21. The predicted molar refractivity (Wildman–Crippen MR) is 83.3 cm³/mol. The van der Waals surface area contributed by atoms with E-state index in [-0.39, 0.29) is 23.7 Å². The molecule has 2 atom stereocenters. The van der Waals surface area contributed by atoms with Gasteiger partial charge in [-0.15, -0.1) is 0 Å². The van der Waals surface area contributed by atoms with Gasteiger partial charge in [0.05, 0.1) is 18.0 Å². The van der Waals surface area contributed by atoms with Crippen LogP contribution in [0.25, 0.3) is 5.69 Å². The van der Waals surface area contributed by atoms with E-state index in [0.717, 1.165) is 16.9 Å². The van der Waals surface area contributed by atoms with Gasteiger partial charge in [-0.1, -0.05) is 6.07 Å². The molecule has 2 unspecified atom stereocenters. The van der Waals surface area contributed by atoms with Crippen LogP contribution >= 0.6 is 0 Å². The molecule has 2 aromatic rings. The summed E-state index contributed by atoms with van der Waals surface area (Å²) in [5, 5.41) is 19.1. The van der Waals surface area contributed by atoms with Crippen molar-refractivity contribution in [1.82, 2.24) is 20.4 Å². The van der Waals surface area contributed by atoms with Crippen LogP contribution in [0.2, 0.25) is 0 Å². The van der Waals surface area contributed by atoms with Crippen LogP contribution in [0.3, 0.4) is 0 Å². The molecule has 1 aromatic heterocycles. The van der Waals surface area contributed by atoms with Gasteiger partial charge in [-0.25, -0.2) is 4.68 Å². The van der Waals surface area contributed by atoms with Gasteiger partial charge in [0, 0.05) is 31.1 Å². The zero-order valence-electron chi connectivity index (χ0n) is 13.1. The zero-order valence-corrected chi connectivity index (χ0v) is 13.1. The average molecular weight is 354 g/mol. The molecule has 0 bridgehead atoms. The number of carbonyl (C=O) groups excluding carboxylic acids is 1. The van der Waals surface area contributed by atoms with E-state index in [1.165, 1.54) is 24.3 Å². The molecule has 1 amide bonds. The topological polar surface area (TPSA) is 79.2 Å². The first-order valence-corrected chi connectivity index (χ1v) is 7.75. The molecule has 0 spiro atoms. The largest absolute Gasteiger partial charge is 0.433 e. The number of nitrogens with zero attached hydrogens (tertiary/aromatic N) is 2. The first kappa shape index (κ1) is 17.4. The van der Waals surface area contributed by atoms with E-state index < -0.39 is 23.9 Å². The van der Waals surface area contributed by atoms with Crippen molar-refractivity contribution in [2.45, 2.75) is 12.3 Å². The minimum atomic E-state index is -4.54. The molecule has 9 heteroatoms. The number of aliphatic hydroxyl groups excluding tert-OH is 1. The lowest BCUT2D eigenvalue weighted by Gasteiger charge is -2.15. The zero-order chi connectivity index (χ0) is 18.0. The number of rotatable bonds is 4. The summed E-state index contributed by atoms with van der Waals surface area (Å²) in [4.78, 5) is 12.2. The number of hydrogen-bond acceptors (Lipinski definition) is 4. The quantitative estimate of drug-likeness (QED) is 0.771. The summed E-state index contributed by atoms with van der Waals surface area (Å²) < 4.78 is 39.7. The smallest absolute Gasteiger partial charge is 0.391 e. The maximum atomic E-state index is 13.0. The van der Waals surface area contributed by atoms with Crippen LogP contribution in [0.4, 0.5) is 13.2 Å². The van der Waals surface area contributed by atoms with Crippen LogP contribution in [0, 0.1) is 5.92 Å². The Balaban J connectivity index is 1.75. The molecule has 2 heterocycles. The van der Waals surface area contributed by atoms with Crippen molar-refractivity contribution in [3.63, 3.8) is 0 Å². The third-order valence-corrected chi connectivity index (χ3v) is 4.12. The fourth-order valence-corrected chi connectivity index (χ4v) is 2.76. The van der Waals surface area contributed by atoms with Gasteiger partial charge in [0.15, 0.2) is 0 Å². The molecular formula is C16H17F3N4O2. The monoisotopic (exact) mass is 354 g/mol. The minimum Gasteiger partial charge on any atom is -0.391 e. The van der Waals surface area contributed by atoms with Gasteiger partial charge < -0.3 is 15.7 Å². The lowest BCUT2D eigenvalue weighted by molar-refractivity contribution is -0.142. The van der Waals surface area contributed by atoms with Crippen LogP contribution < -0.4 is 10.6 Å². The number of aliphatic hydroxyl groups is 1. The third kappa shape index (κ3) is 3.83. The summed E-state index contributed by atoms with van der Waals surface area (Å²) >= 11 is 0. The summed E-state index contributed by atoms with van der Waals surface area (Å²) in [5.74, 6) is -0.503. The highest BCUT2D eigenvalue weighted by Crippen LogP contribution is 2.30. The molecule has 1 aromatic carbocycles. The van der Waals surface area contributed by atoms with E-state index >= 15 is 0 Å². The molecule has 25 heavy (non-hydrogen) atoms. The van der Waals surface area contributed by atoms with Crippen molar-refractivity contribution >= 4 is 5.91 Å². The normalized spacial score (nSPS) is 20.6. The summed E-state index contributed by atoms with van der Waals surface area (Å²) in [5.41, 5.74) is -0.542. The van der Waals surface area contributed by atoms with Crippen molar-refractivity contribution in [2.75, 3.05) is 19.6 Å². The molecular weight excluding hydrogens is 337 g/mol. The van der Waals surface area contributed by atoms with Crippen molar-refractivity contribution in [3.05, 3.63) is 47.8 Å². The number of halogens is 3.